The van der Waals surface area contributed by atoms with E-state index < -0.39 is 6.23 Å². The summed E-state index contributed by atoms with van der Waals surface area (Å²) in [6, 6.07) is 9.62. The molecule has 9 heteroatoms. The Morgan fingerprint density at radius 3 is 2.85 bits per heavy atom. The standard InChI is InChI=1S/C25H28FN5O3/c1-31(14-23(33)28-16-5-2-4-15(26)10-16)25-20-6-3-7-21(20)29-24(30-25)22-13-18(8-9-27-22)34-19-11-17(32)12-19/h2,4-5,8-10,13,17,19,23,28,32-33H,3,6-7,11-12,14H2,1H3. The molecule has 0 amide bonds. The molecule has 1 saturated carbocycles. The van der Waals surface area contributed by atoms with Gasteiger partial charge in [0.25, 0.3) is 0 Å². The summed E-state index contributed by atoms with van der Waals surface area (Å²) in [5, 5.41) is 23.0. The van der Waals surface area contributed by atoms with E-state index in [1.807, 2.05) is 18.0 Å². The number of rotatable bonds is 8. The summed E-state index contributed by atoms with van der Waals surface area (Å²) >= 11 is 0. The average Bonchev–Trinajstić information content (AvgIpc) is 3.26. The monoisotopic (exact) mass is 465 g/mol. The zero-order valence-corrected chi connectivity index (χ0v) is 19.0. The third-order valence-corrected chi connectivity index (χ3v) is 6.21. The average molecular weight is 466 g/mol. The number of anilines is 2. The number of hydrogen-bond donors (Lipinski definition) is 3. The number of ether oxygens (including phenoxy) is 1. The molecule has 1 fully saturated rings. The van der Waals surface area contributed by atoms with E-state index in [1.165, 1.54) is 12.1 Å². The lowest BCUT2D eigenvalue weighted by Gasteiger charge is -2.31. The molecule has 178 valence electrons. The zero-order chi connectivity index (χ0) is 23.7. The number of halogens is 1. The van der Waals surface area contributed by atoms with Crippen molar-refractivity contribution in [3.8, 4) is 17.3 Å². The summed E-state index contributed by atoms with van der Waals surface area (Å²) < 4.78 is 19.4. The lowest BCUT2D eigenvalue weighted by molar-refractivity contribution is -0.0107. The Kier molecular flexibility index (Phi) is 6.30. The van der Waals surface area contributed by atoms with Crippen LogP contribution in [0.15, 0.2) is 42.6 Å². The van der Waals surface area contributed by atoms with Crippen molar-refractivity contribution in [2.24, 2.45) is 0 Å². The predicted octanol–water partition coefficient (Wildman–Crippen LogP) is 2.94. The van der Waals surface area contributed by atoms with Crippen molar-refractivity contribution in [3.05, 3.63) is 59.7 Å². The highest BCUT2D eigenvalue weighted by molar-refractivity contribution is 5.60. The summed E-state index contributed by atoms with van der Waals surface area (Å²) in [6.07, 6.45) is 4.49. The van der Waals surface area contributed by atoms with Crippen molar-refractivity contribution in [1.82, 2.24) is 15.0 Å². The predicted molar refractivity (Wildman–Crippen MR) is 126 cm³/mol. The van der Waals surface area contributed by atoms with Crippen molar-refractivity contribution < 1.29 is 19.3 Å². The molecule has 2 aliphatic rings. The molecular formula is C25H28FN5O3. The topological polar surface area (TPSA) is 104 Å². The van der Waals surface area contributed by atoms with E-state index >= 15 is 0 Å². The van der Waals surface area contributed by atoms with Crippen LogP contribution in [0.3, 0.4) is 0 Å². The van der Waals surface area contributed by atoms with E-state index in [2.05, 4.69) is 10.3 Å². The van der Waals surface area contributed by atoms with Crippen LogP contribution in [-0.2, 0) is 12.8 Å². The molecule has 1 unspecified atom stereocenters. The van der Waals surface area contributed by atoms with Crippen molar-refractivity contribution >= 4 is 11.5 Å². The van der Waals surface area contributed by atoms with Crippen LogP contribution in [-0.4, -0.2) is 57.2 Å². The van der Waals surface area contributed by atoms with E-state index in [9.17, 15) is 14.6 Å². The molecule has 0 saturated heterocycles. The Balaban J connectivity index is 1.35. The van der Waals surface area contributed by atoms with Gasteiger partial charge in [0.05, 0.1) is 12.6 Å². The third-order valence-electron chi connectivity index (χ3n) is 6.21. The van der Waals surface area contributed by atoms with Crippen molar-refractivity contribution in [2.75, 3.05) is 23.8 Å². The van der Waals surface area contributed by atoms with Gasteiger partial charge < -0.3 is 25.2 Å². The van der Waals surface area contributed by atoms with Crippen LogP contribution in [0.1, 0.15) is 30.5 Å². The number of likely N-dealkylation sites (N-methyl/N-ethyl adjacent to an activating group) is 1. The van der Waals surface area contributed by atoms with Crippen LogP contribution in [0.2, 0.25) is 0 Å². The molecule has 2 aromatic heterocycles. The number of nitrogens with zero attached hydrogens (tertiary/aromatic N) is 4. The van der Waals surface area contributed by atoms with Crippen LogP contribution in [0.25, 0.3) is 11.5 Å². The van der Waals surface area contributed by atoms with E-state index in [0.717, 1.165) is 36.3 Å². The molecule has 8 nitrogen and oxygen atoms in total. The van der Waals surface area contributed by atoms with E-state index in [1.54, 1.807) is 24.4 Å². The summed E-state index contributed by atoms with van der Waals surface area (Å²) in [4.78, 5) is 15.9. The molecule has 0 radical (unpaired) electrons. The summed E-state index contributed by atoms with van der Waals surface area (Å²) in [5.41, 5.74) is 3.20. The fourth-order valence-corrected chi connectivity index (χ4v) is 4.44. The second kappa shape index (κ2) is 9.52. The van der Waals surface area contributed by atoms with Crippen LogP contribution in [0, 0.1) is 5.82 Å². The van der Waals surface area contributed by atoms with E-state index in [4.69, 9.17) is 14.7 Å². The van der Waals surface area contributed by atoms with E-state index in [-0.39, 0.29) is 24.6 Å². The van der Waals surface area contributed by atoms with Crippen LogP contribution in [0.4, 0.5) is 15.9 Å². The zero-order valence-electron chi connectivity index (χ0n) is 19.0. The van der Waals surface area contributed by atoms with Gasteiger partial charge in [-0.15, -0.1) is 0 Å². The number of hydrogen-bond acceptors (Lipinski definition) is 8. The van der Waals surface area contributed by atoms with Gasteiger partial charge in [-0.3, -0.25) is 4.98 Å². The Bertz CT molecular complexity index is 1170. The highest BCUT2D eigenvalue weighted by atomic mass is 19.1. The fraction of sp³-hybridized carbons (Fsp3) is 0.400. The number of nitrogens with one attached hydrogen (secondary N) is 1. The number of pyridine rings is 1. The number of aliphatic hydroxyl groups excluding tert-OH is 2. The largest absolute Gasteiger partial charge is 0.490 e. The quantitative estimate of drug-likeness (QED) is 0.437. The number of benzene rings is 1. The second-order valence-electron chi connectivity index (χ2n) is 8.94. The lowest BCUT2D eigenvalue weighted by Crippen LogP contribution is -2.37. The number of aromatic nitrogens is 3. The highest BCUT2D eigenvalue weighted by Crippen LogP contribution is 2.32. The Morgan fingerprint density at radius 2 is 2.06 bits per heavy atom. The van der Waals surface area contributed by atoms with Crippen molar-refractivity contribution in [3.63, 3.8) is 0 Å². The Hall–Kier alpha value is -3.30. The molecule has 0 spiro atoms. The molecule has 5 rings (SSSR count). The SMILES string of the molecule is CN(CC(O)Nc1cccc(F)c1)c1nc(-c2cc(OC3CC(O)C3)ccn2)nc2c1CCC2. The molecule has 0 bridgehead atoms. The van der Waals surface area contributed by atoms with Gasteiger partial charge in [0.2, 0.25) is 0 Å². The number of fused-ring (bicyclic) bond motifs is 1. The minimum atomic E-state index is -0.921. The van der Waals surface area contributed by atoms with E-state index in [0.29, 0.717) is 35.8 Å². The maximum atomic E-state index is 13.5. The minimum Gasteiger partial charge on any atom is -0.490 e. The molecule has 0 aliphatic heterocycles. The van der Waals surface area contributed by atoms with Gasteiger partial charge in [-0.05, 0) is 43.5 Å². The molecule has 1 aromatic carbocycles. The van der Waals surface area contributed by atoms with Gasteiger partial charge in [-0.2, -0.15) is 0 Å². The third kappa shape index (κ3) is 4.95. The summed E-state index contributed by atoms with van der Waals surface area (Å²) in [7, 11) is 1.87. The smallest absolute Gasteiger partial charge is 0.180 e. The molecule has 3 aromatic rings. The summed E-state index contributed by atoms with van der Waals surface area (Å²) in [5.74, 6) is 1.58. The Labute approximate surface area is 197 Å². The highest BCUT2D eigenvalue weighted by Gasteiger charge is 2.29. The maximum Gasteiger partial charge on any atom is 0.180 e. The fourth-order valence-electron chi connectivity index (χ4n) is 4.44. The van der Waals surface area contributed by atoms with Gasteiger partial charge in [-0.25, -0.2) is 14.4 Å². The van der Waals surface area contributed by atoms with Crippen LogP contribution in [0.5, 0.6) is 5.75 Å². The first-order valence-electron chi connectivity index (χ1n) is 11.6. The molecule has 1 atom stereocenters. The first-order chi connectivity index (χ1) is 16.4. The van der Waals surface area contributed by atoms with Crippen LogP contribution >= 0.6 is 0 Å². The van der Waals surface area contributed by atoms with Gasteiger partial charge in [0.1, 0.15) is 35.4 Å². The molecule has 3 N–H and O–H groups in total. The van der Waals surface area contributed by atoms with Crippen molar-refractivity contribution in [1.29, 1.82) is 0 Å². The van der Waals surface area contributed by atoms with Crippen molar-refractivity contribution in [2.45, 2.75) is 50.5 Å². The molecular weight excluding hydrogens is 437 g/mol. The number of aliphatic hydroxyl groups is 2. The lowest BCUT2D eigenvalue weighted by atomic mass is 9.92. The molecule has 2 aliphatic carbocycles. The van der Waals surface area contributed by atoms with Crippen LogP contribution < -0.4 is 15.0 Å². The number of aryl methyl sites for hydroxylation is 1. The first-order valence-corrected chi connectivity index (χ1v) is 11.6. The molecule has 34 heavy (non-hydrogen) atoms. The first kappa shape index (κ1) is 22.5. The maximum absolute atomic E-state index is 13.5. The van der Waals surface area contributed by atoms with Gasteiger partial charge >= 0.3 is 0 Å². The molecule has 2 heterocycles. The van der Waals surface area contributed by atoms with Gasteiger partial charge in [0.15, 0.2) is 5.82 Å². The normalized spacial score (nSPS) is 19.8. The minimum absolute atomic E-state index is 0.0139. The Morgan fingerprint density at radius 1 is 1.21 bits per heavy atom. The second-order valence-corrected chi connectivity index (χ2v) is 8.94. The van der Waals surface area contributed by atoms with Gasteiger partial charge in [-0.1, -0.05) is 6.07 Å². The van der Waals surface area contributed by atoms with Gasteiger partial charge in [0, 0.05) is 49.1 Å². The summed E-state index contributed by atoms with van der Waals surface area (Å²) in [6.45, 7) is 0.250.